The molecular weight excluding hydrogens is 270 g/mol. The van der Waals surface area contributed by atoms with Crippen molar-refractivity contribution in [3.63, 3.8) is 0 Å². The molecule has 0 saturated heterocycles. The molecule has 0 fully saturated rings. The summed E-state index contributed by atoms with van der Waals surface area (Å²) in [5.41, 5.74) is -2.28. The molecule has 20 heavy (non-hydrogen) atoms. The van der Waals surface area contributed by atoms with E-state index in [1.807, 2.05) is 0 Å². The lowest BCUT2D eigenvalue weighted by atomic mass is 10.1. The van der Waals surface area contributed by atoms with Crippen molar-refractivity contribution >= 4 is 11.7 Å². The Morgan fingerprint density at radius 1 is 1.10 bits per heavy atom. The van der Waals surface area contributed by atoms with Gasteiger partial charge in [0.1, 0.15) is 23.9 Å². The number of allylic oxidation sites excluding steroid dienone is 2. The van der Waals surface area contributed by atoms with E-state index in [1.165, 1.54) is 18.2 Å². The van der Waals surface area contributed by atoms with Gasteiger partial charge in [0.15, 0.2) is 17.2 Å². The van der Waals surface area contributed by atoms with Crippen LogP contribution >= 0.6 is 0 Å². The van der Waals surface area contributed by atoms with Gasteiger partial charge in [-0.2, -0.15) is 15.8 Å². The Hall–Kier alpha value is -3.44. The van der Waals surface area contributed by atoms with Crippen LogP contribution in [-0.4, -0.2) is 11.1 Å². The molecule has 0 heterocycles. The summed E-state index contributed by atoms with van der Waals surface area (Å²) in [7, 11) is 0. The van der Waals surface area contributed by atoms with Crippen LogP contribution in [0.5, 0.6) is 0 Å². The molecule has 0 spiro atoms. The van der Waals surface area contributed by atoms with Crippen molar-refractivity contribution in [2.45, 2.75) is 0 Å². The lowest BCUT2D eigenvalue weighted by Gasteiger charge is -2.09. The van der Waals surface area contributed by atoms with E-state index in [0.29, 0.717) is 12.1 Å². The molecular formula is C12H4F2N4O2. The van der Waals surface area contributed by atoms with E-state index >= 15 is 0 Å². The van der Waals surface area contributed by atoms with Gasteiger partial charge in [-0.3, -0.25) is 0 Å². The van der Waals surface area contributed by atoms with Crippen molar-refractivity contribution in [1.82, 2.24) is 0 Å². The van der Waals surface area contributed by atoms with Gasteiger partial charge >= 0.3 is 5.97 Å². The summed E-state index contributed by atoms with van der Waals surface area (Å²) in [6, 6.07) is 5.24. The van der Waals surface area contributed by atoms with Gasteiger partial charge < -0.3 is 10.4 Å². The van der Waals surface area contributed by atoms with Gasteiger partial charge in [-0.05, 0) is 6.07 Å². The predicted octanol–water partition coefficient (Wildman–Crippen LogP) is 1.90. The Morgan fingerprint density at radius 3 is 2.10 bits per heavy atom. The van der Waals surface area contributed by atoms with E-state index in [0.717, 1.165) is 0 Å². The first-order chi connectivity index (χ1) is 9.44. The highest BCUT2D eigenvalue weighted by Crippen LogP contribution is 2.22. The van der Waals surface area contributed by atoms with Crippen molar-refractivity contribution in [3.8, 4) is 18.2 Å². The maximum Gasteiger partial charge on any atom is 0.337 e. The first-order valence-electron chi connectivity index (χ1n) is 4.88. The molecule has 98 valence electrons. The highest BCUT2D eigenvalue weighted by atomic mass is 19.2. The van der Waals surface area contributed by atoms with Crippen LogP contribution in [-0.2, 0) is 0 Å². The summed E-state index contributed by atoms with van der Waals surface area (Å²) in [5.74, 6) is -4.29. The van der Waals surface area contributed by atoms with Crippen LogP contribution in [0.3, 0.4) is 0 Å². The number of aromatic carboxylic acids is 1. The molecule has 0 radical (unpaired) electrons. The molecule has 1 aromatic carbocycles. The van der Waals surface area contributed by atoms with Crippen LogP contribution in [0.1, 0.15) is 10.4 Å². The molecule has 0 amide bonds. The van der Waals surface area contributed by atoms with Crippen molar-refractivity contribution < 1.29 is 18.7 Å². The lowest BCUT2D eigenvalue weighted by Crippen LogP contribution is -2.08. The number of nitriles is 3. The third-order valence-electron chi connectivity index (χ3n) is 2.14. The van der Waals surface area contributed by atoms with E-state index in [9.17, 15) is 13.6 Å². The van der Waals surface area contributed by atoms with Crippen molar-refractivity contribution in [3.05, 3.63) is 40.6 Å². The number of benzene rings is 1. The third-order valence-corrected chi connectivity index (χ3v) is 2.14. The average molecular weight is 274 g/mol. The molecule has 1 aromatic rings. The molecule has 0 aliphatic rings. The summed E-state index contributed by atoms with van der Waals surface area (Å²) in [6.45, 7) is 0. The fourth-order valence-electron chi connectivity index (χ4n) is 1.25. The Morgan fingerprint density at radius 2 is 1.65 bits per heavy atom. The lowest BCUT2D eigenvalue weighted by molar-refractivity contribution is 0.0697. The molecule has 0 saturated carbocycles. The molecule has 0 aromatic heterocycles. The van der Waals surface area contributed by atoms with Crippen LogP contribution in [0.2, 0.25) is 0 Å². The van der Waals surface area contributed by atoms with Gasteiger partial charge in [-0.25, -0.2) is 13.6 Å². The van der Waals surface area contributed by atoms with Crippen LogP contribution in [0.15, 0.2) is 23.4 Å². The summed E-state index contributed by atoms with van der Waals surface area (Å²) >= 11 is 0. The van der Waals surface area contributed by atoms with Gasteiger partial charge in [0.25, 0.3) is 0 Å². The standard InChI is InChI=1S/C12H4F2N4O2/c13-8-1-7(12(19)20)10(2-9(8)14)18-11(5-17)6(3-15)4-16/h1-2,18H,(H,19,20). The first kappa shape index (κ1) is 14.6. The zero-order chi connectivity index (χ0) is 15.3. The Kier molecular flexibility index (Phi) is 4.34. The fourth-order valence-corrected chi connectivity index (χ4v) is 1.25. The van der Waals surface area contributed by atoms with Gasteiger partial charge in [-0.15, -0.1) is 0 Å². The zero-order valence-corrected chi connectivity index (χ0v) is 9.61. The highest BCUT2D eigenvalue weighted by molar-refractivity contribution is 5.94. The minimum Gasteiger partial charge on any atom is -0.478 e. The van der Waals surface area contributed by atoms with E-state index in [4.69, 9.17) is 20.9 Å². The summed E-state index contributed by atoms with van der Waals surface area (Å²) in [4.78, 5) is 10.9. The quantitative estimate of drug-likeness (QED) is 0.812. The Balaban J connectivity index is 3.43. The molecule has 1 rings (SSSR count). The first-order valence-corrected chi connectivity index (χ1v) is 4.88. The Bertz CT molecular complexity index is 720. The second-order valence-electron chi connectivity index (χ2n) is 3.33. The number of carboxylic acids is 1. The van der Waals surface area contributed by atoms with Crippen LogP contribution in [0, 0.1) is 45.6 Å². The predicted molar refractivity (Wildman–Crippen MR) is 60.8 cm³/mol. The molecule has 0 aliphatic carbocycles. The number of halogens is 2. The number of nitrogens with zero attached hydrogens (tertiary/aromatic N) is 3. The third kappa shape index (κ3) is 2.87. The molecule has 0 unspecified atom stereocenters. The van der Waals surface area contributed by atoms with Crippen LogP contribution < -0.4 is 5.32 Å². The van der Waals surface area contributed by atoms with E-state index in [-0.39, 0.29) is 0 Å². The number of nitrogens with one attached hydrogen (secondary N) is 1. The monoisotopic (exact) mass is 274 g/mol. The molecule has 8 heteroatoms. The van der Waals surface area contributed by atoms with Gasteiger partial charge in [0.05, 0.1) is 11.3 Å². The van der Waals surface area contributed by atoms with E-state index in [2.05, 4.69) is 5.32 Å². The maximum absolute atomic E-state index is 13.1. The maximum atomic E-state index is 13.1. The van der Waals surface area contributed by atoms with E-state index in [1.54, 1.807) is 0 Å². The molecule has 6 nitrogen and oxygen atoms in total. The van der Waals surface area contributed by atoms with Gasteiger partial charge in [-0.1, -0.05) is 0 Å². The Labute approximate surface area is 111 Å². The largest absolute Gasteiger partial charge is 0.478 e. The SMILES string of the molecule is N#CC(C#N)=C(C#N)Nc1cc(F)c(F)cc1C(=O)O. The number of rotatable bonds is 3. The number of anilines is 1. The molecule has 0 atom stereocenters. The number of carbonyl (C=O) groups is 1. The second-order valence-corrected chi connectivity index (χ2v) is 3.33. The number of hydrogen-bond acceptors (Lipinski definition) is 5. The van der Waals surface area contributed by atoms with E-state index < -0.39 is 40.1 Å². The van der Waals surface area contributed by atoms with Crippen LogP contribution in [0.25, 0.3) is 0 Å². The van der Waals surface area contributed by atoms with Crippen LogP contribution in [0.4, 0.5) is 14.5 Å². The second kappa shape index (κ2) is 5.94. The molecule has 0 aliphatic heterocycles. The molecule has 2 N–H and O–H groups in total. The van der Waals surface area contributed by atoms with Crippen molar-refractivity contribution in [1.29, 1.82) is 15.8 Å². The fraction of sp³-hybridized carbons (Fsp3) is 0. The van der Waals surface area contributed by atoms with Gasteiger partial charge in [0.2, 0.25) is 0 Å². The average Bonchev–Trinajstić information content (AvgIpc) is 2.42. The minimum atomic E-state index is -1.57. The molecule has 0 bridgehead atoms. The van der Waals surface area contributed by atoms with Crippen molar-refractivity contribution in [2.24, 2.45) is 0 Å². The topological polar surface area (TPSA) is 121 Å². The van der Waals surface area contributed by atoms with Crippen molar-refractivity contribution in [2.75, 3.05) is 5.32 Å². The zero-order valence-electron chi connectivity index (χ0n) is 9.61. The number of carboxylic acid groups (broad SMARTS) is 1. The summed E-state index contributed by atoms with van der Waals surface area (Å²) < 4.78 is 26.1. The minimum absolute atomic E-state index is 0.424. The summed E-state index contributed by atoms with van der Waals surface area (Å²) in [5, 5.41) is 37.0. The smallest absolute Gasteiger partial charge is 0.337 e. The normalized spacial score (nSPS) is 8.75. The highest BCUT2D eigenvalue weighted by Gasteiger charge is 2.17. The van der Waals surface area contributed by atoms with Gasteiger partial charge in [0, 0.05) is 6.07 Å². The summed E-state index contributed by atoms with van der Waals surface area (Å²) in [6.07, 6.45) is 0. The number of hydrogen-bond donors (Lipinski definition) is 2.